The van der Waals surface area contributed by atoms with Gasteiger partial charge in [0, 0.05) is 50.8 Å². The van der Waals surface area contributed by atoms with Gasteiger partial charge < -0.3 is 24.8 Å². The van der Waals surface area contributed by atoms with Crippen molar-refractivity contribution in [1.29, 1.82) is 0 Å². The minimum Gasteiger partial charge on any atom is -0.381 e. The fourth-order valence-electron chi connectivity index (χ4n) is 4.01. The van der Waals surface area contributed by atoms with E-state index in [9.17, 15) is 0 Å². The third kappa shape index (κ3) is 7.98. The van der Waals surface area contributed by atoms with Crippen molar-refractivity contribution in [2.75, 3.05) is 59.3 Å². The fraction of sp³-hybridized carbons (Fsp3) is 0.696. The molecule has 1 unspecified atom stereocenters. The maximum absolute atomic E-state index is 5.79. The molecule has 2 fully saturated rings. The van der Waals surface area contributed by atoms with Crippen LogP contribution in [0.25, 0.3) is 0 Å². The minimum atomic E-state index is 0. The van der Waals surface area contributed by atoms with E-state index in [4.69, 9.17) is 19.2 Å². The van der Waals surface area contributed by atoms with Crippen molar-refractivity contribution in [3.8, 4) is 0 Å². The average molecular weight is 531 g/mol. The summed E-state index contributed by atoms with van der Waals surface area (Å²) >= 11 is 0. The monoisotopic (exact) mass is 531 g/mol. The van der Waals surface area contributed by atoms with Crippen molar-refractivity contribution in [2.24, 2.45) is 10.9 Å². The smallest absolute Gasteiger partial charge is 0.191 e. The predicted octanol–water partition coefficient (Wildman–Crippen LogP) is 3.35. The van der Waals surface area contributed by atoms with Gasteiger partial charge in [-0.25, -0.2) is 0 Å². The van der Waals surface area contributed by atoms with Crippen LogP contribution in [0, 0.1) is 5.92 Å². The highest BCUT2D eigenvalue weighted by molar-refractivity contribution is 14.0. The number of guanidine groups is 1. The Morgan fingerprint density at radius 3 is 2.63 bits per heavy atom. The number of halogens is 1. The molecule has 6 nitrogen and oxygen atoms in total. The average Bonchev–Trinajstić information content (AvgIpc) is 3.29. The van der Waals surface area contributed by atoms with Crippen LogP contribution in [0.4, 0.5) is 0 Å². The first-order valence-corrected chi connectivity index (χ1v) is 11.1. The molecule has 0 bridgehead atoms. The second-order valence-electron chi connectivity index (χ2n) is 8.04. The molecule has 2 N–H and O–H groups in total. The summed E-state index contributed by atoms with van der Waals surface area (Å²) in [5.41, 5.74) is 1.43. The van der Waals surface area contributed by atoms with Crippen LogP contribution < -0.4 is 10.6 Å². The van der Waals surface area contributed by atoms with Crippen molar-refractivity contribution in [3.63, 3.8) is 0 Å². The zero-order valence-electron chi connectivity index (χ0n) is 18.2. The molecule has 3 rings (SSSR count). The van der Waals surface area contributed by atoms with Gasteiger partial charge in [0.05, 0.1) is 19.8 Å². The summed E-state index contributed by atoms with van der Waals surface area (Å²) in [5.74, 6) is 1.47. The van der Waals surface area contributed by atoms with E-state index in [1.54, 1.807) is 0 Å². The molecular formula is C23H38IN3O3. The van der Waals surface area contributed by atoms with E-state index < -0.39 is 0 Å². The summed E-state index contributed by atoms with van der Waals surface area (Å²) in [6, 6.07) is 10.8. The van der Waals surface area contributed by atoms with Gasteiger partial charge in [-0.2, -0.15) is 0 Å². The first kappa shape index (κ1) is 25.4. The highest BCUT2D eigenvalue weighted by Gasteiger charge is 2.34. The molecule has 0 aromatic heterocycles. The highest BCUT2D eigenvalue weighted by Crippen LogP contribution is 2.35. The molecule has 0 spiro atoms. The predicted molar refractivity (Wildman–Crippen MR) is 132 cm³/mol. The number of hydrogen-bond acceptors (Lipinski definition) is 4. The number of nitrogens with one attached hydrogen (secondary N) is 2. The van der Waals surface area contributed by atoms with E-state index in [1.807, 2.05) is 0 Å². The Balaban J connectivity index is 0.00000320. The standard InChI is InChI=1S/C23H37N3O3.HI/c1-2-24-22(25-12-6-13-28-17-20-9-14-29-18-20)26-19-23(10-15-27-16-11-23)21-7-4-3-5-8-21;/h3-5,7-8,20H,2,6,9-19H2,1H3,(H2,24,25,26);1H. The van der Waals surface area contributed by atoms with Crippen LogP contribution in [0.5, 0.6) is 0 Å². The number of ether oxygens (including phenoxy) is 3. The molecule has 7 heteroatoms. The van der Waals surface area contributed by atoms with Crippen LogP contribution in [0.2, 0.25) is 0 Å². The quantitative estimate of drug-likeness (QED) is 0.210. The van der Waals surface area contributed by atoms with Crippen LogP contribution in [0.3, 0.4) is 0 Å². The molecule has 170 valence electrons. The lowest BCUT2D eigenvalue weighted by molar-refractivity contribution is 0.0531. The maximum atomic E-state index is 5.79. The van der Waals surface area contributed by atoms with Gasteiger partial charge in [-0.15, -0.1) is 24.0 Å². The Labute approximate surface area is 198 Å². The van der Waals surface area contributed by atoms with Gasteiger partial charge in [0.25, 0.3) is 0 Å². The van der Waals surface area contributed by atoms with Gasteiger partial charge in [0.15, 0.2) is 5.96 Å². The second-order valence-corrected chi connectivity index (χ2v) is 8.04. The molecule has 2 saturated heterocycles. The van der Waals surface area contributed by atoms with Crippen LogP contribution in [0.15, 0.2) is 35.3 Å². The lowest BCUT2D eigenvalue weighted by atomic mass is 9.74. The summed E-state index contributed by atoms with van der Waals surface area (Å²) in [4.78, 5) is 4.95. The highest BCUT2D eigenvalue weighted by atomic mass is 127. The molecule has 2 heterocycles. The summed E-state index contributed by atoms with van der Waals surface area (Å²) in [6.45, 7) is 9.51. The number of aliphatic imine (C=N–C) groups is 1. The number of hydrogen-bond donors (Lipinski definition) is 2. The van der Waals surface area contributed by atoms with Crippen molar-refractivity contribution in [2.45, 2.75) is 38.0 Å². The summed E-state index contributed by atoms with van der Waals surface area (Å²) in [5, 5.41) is 6.84. The molecule has 0 amide bonds. The summed E-state index contributed by atoms with van der Waals surface area (Å²) in [7, 11) is 0. The molecule has 0 aliphatic carbocycles. The number of nitrogens with zero attached hydrogens (tertiary/aromatic N) is 1. The van der Waals surface area contributed by atoms with Crippen molar-refractivity contribution in [3.05, 3.63) is 35.9 Å². The van der Waals surface area contributed by atoms with Crippen molar-refractivity contribution in [1.82, 2.24) is 10.6 Å². The van der Waals surface area contributed by atoms with Gasteiger partial charge in [0.2, 0.25) is 0 Å². The van der Waals surface area contributed by atoms with E-state index >= 15 is 0 Å². The normalized spacial score (nSPS) is 21.1. The molecule has 2 aliphatic rings. The number of rotatable bonds is 10. The second kappa shape index (κ2) is 14.2. The van der Waals surface area contributed by atoms with Gasteiger partial charge in [0.1, 0.15) is 0 Å². The lowest BCUT2D eigenvalue weighted by Crippen LogP contribution is -2.41. The Bertz CT molecular complexity index is 603. The van der Waals surface area contributed by atoms with Crippen molar-refractivity contribution < 1.29 is 14.2 Å². The Hall–Kier alpha value is -0.900. The lowest BCUT2D eigenvalue weighted by Gasteiger charge is -2.36. The van der Waals surface area contributed by atoms with Crippen LogP contribution >= 0.6 is 24.0 Å². The zero-order valence-corrected chi connectivity index (χ0v) is 20.6. The van der Waals surface area contributed by atoms with Crippen molar-refractivity contribution >= 4 is 29.9 Å². The topological polar surface area (TPSA) is 64.1 Å². The zero-order chi connectivity index (χ0) is 20.2. The molecule has 1 aromatic carbocycles. The van der Waals surface area contributed by atoms with Gasteiger partial charge >= 0.3 is 0 Å². The first-order chi connectivity index (χ1) is 14.3. The van der Waals surface area contributed by atoms with E-state index in [1.165, 1.54) is 5.56 Å². The molecule has 0 saturated carbocycles. The third-order valence-electron chi connectivity index (χ3n) is 5.86. The minimum absolute atomic E-state index is 0. The van der Waals surface area contributed by atoms with Crippen LogP contribution in [-0.2, 0) is 19.6 Å². The molecule has 30 heavy (non-hydrogen) atoms. The maximum Gasteiger partial charge on any atom is 0.191 e. The van der Waals surface area contributed by atoms with Crippen LogP contribution in [-0.4, -0.2) is 65.2 Å². The molecule has 1 aromatic rings. The van der Waals surface area contributed by atoms with E-state index in [-0.39, 0.29) is 29.4 Å². The third-order valence-corrected chi connectivity index (χ3v) is 5.86. The first-order valence-electron chi connectivity index (χ1n) is 11.1. The van der Waals surface area contributed by atoms with Gasteiger partial charge in [-0.05, 0) is 38.2 Å². The van der Waals surface area contributed by atoms with Crippen LogP contribution in [0.1, 0.15) is 38.2 Å². The Kier molecular flexibility index (Phi) is 12.0. The SMILES string of the molecule is CCNC(=NCC1(c2ccccc2)CCOCC1)NCCCOCC1CCOC1.I. The Morgan fingerprint density at radius 1 is 1.13 bits per heavy atom. The van der Waals surface area contributed by atoms with Gasteiger partial charge in [-0.1, -0.05) is 30.3 Å². The van der Waals surface area contributed by atoms with E-state index in [2.05, 4.69) is 47.9 Å². The largest absolute Gasteiger partial charge is 0.381 e. The van der Waals surface area contributed by atoms with E-state index in [0.717, 1.165) is 90.9 Å². The summed E-state index contributed by atoms with van der Waals surface area (Å²) < 4.78 is 16.8. The van der Waals surface area contributed by atoms with E-state index in [0.29, 0.717) is 5.92 Å². The number of benzene rings is 1. The fourth-order valence-corrected chi connectivity index (χ4v) is 4.01. The molecule has 0 radical (unpaired) electrons. The molecule has 2 aliphatic heterocycles. The molecule has 1 atom stereocenters. The van der Waals surface area contributed by atoms with Gasteiger partial charge in [-0.3, -0.25) is 4.99 Å². The Morgan fingerprint density at radius 2 is 1.93 bits per heavy atom. The summed E-state index contributed by atoms with van der Waals surface area (Å²) in [6.07, 6.45) is 4.12. The molecular weight excluding hydrogens is 493 g/mol.